The normalized spacial score (nSPS) is 12.5. The Morgan fingerprint density at radius 2 is 2.15 bits per heavy atom. The molecule has 1 amide bonds. The van der Waals surface area contributed by atoms with Gasteiger partial charge in [-0.3, -0.25) is 4.79 Å². The first-order chi connectivity index (χ1) is 6.24. The van der Waals surface area contributed by atoms with Crippen LogP contribution in [-0.4, -0.2) is 47.4 Å². The lowest BCUT2D eigenvalue weighted by molar-refractivity contribution is -0.122. The van der Waals surface area contributed by atoms with Crippen LogP contribution in [0.3, 0.4) is 0 Å². The van der Waals surface area contributed by atoms with Crippen LogP contribution in [0.5, 0.6) is 0 Å². The van der Waals surface area contributed by atoms with Crippen LogP contribution in [0.4, 0.5) is 0 Å². The summed E-state index contributed by atoms with van der Waals surface area (Å²) in [6, 6.07) is 0.0130. The van der Waals surface area contributed by atoms with E-state index in [2.05, 4.69) is 5.32 Å². The number of amides is 1. The molecule has 0 aromatic heterocycles. The fraction of sp³-hybridized carbons (Fsp3) is 0.875. The van der Waals surface area contributed by atoms with E-state index in [0.717, 1.165) is 5.75 Å². The maximum Gasteiger partial charge on any atom is 0.222 e. The molecular formula is C8H17NO3S. The summed E-state index contributed by atoms with van der Waals surface area (Å²) in [6.45, 7) is -0.0540. The van der Waals surface area contributed by atoms with Crippen LogP contribution >= 0.6 is 11.8 Å². The Bertz CT molecular complexity index is 137. The zero-order valence-corrected chi connectivity index (χ0v) is 8.64. The summed E-state index contributed by atoms with van der Waals surface area (Å²) in [4.78, 5) is 11.0. The second-order valence-electron chi connectivity index (χ2n) is 2.71. The molecular weight excluding hydrogens is 190 g/mol. The van der Waals surface area contributed by atoms with E-state index in [-0.39, 0.29) is 31.6 Å². The van der Waals surface area contributed by atoms with Gasteiger partial charge in [0.1, 0.15) is 0 Å². The summed E-state index contributed by atoms with van der Waals surface area (Å²) in [6.07, 6.45) is 2.65. The number of carbonyl (C=O) groups excluding carboxylic acids is 1. The van der Waals surface area contributed by atoms with Crippen LogP contribution < -0.4 is 5.32 Å². The first kappa shape index (κ1) is 12.7. The quantitative estimate of drug-likeness (QED) is 0.531. The van der Waals surface area contributed by atoms with E-state index in [1.165, 1.54) is 0 Å². The molecule has 1 atom stereocenters. The van der Waals surface area contributed by atoms with Gasteiger partial charge in [0.05, 0.1) is 6.61 Å². The third kappa shape index (κ3) is 6.86. The summed E-state index contributed by atoms with van der Waals surface area (Å²) in [5, 5.41) is 19.9. The van der Waals surface area contributed by atoms with E-state index in [0.29, 0.717) is 6.42 Å². The number of nitrogens with one attached hydrogen (secondary N) is 1. The molecule has 0 bridgehead atoms. The van der Waals surface area contributed by atoms with E-state index >= 15 is 0 Å². The van der Waals surface area contributed by atoms with Gasteiger partial charge in [0.15, 0.2) is 0 Å². The number of thioether (sulfide) groups is 1. The average molecular weight is 207 g/mol. The number of rotatable bonds is 7. The maximum absolute atomic E-state index is 11.0. The Labute approximate surface area is 82.7 Å². The predicted molar refractivity (Wildman–Crippen MR) is 53.7 cm³/mol. The first-order valence-corrected chi connectivity index (χ1v) is 5.64. The number of hydrogen-bond acceptors (Lipinski definition) is 4. The molecule has 0 radical (unpaired) electrons. The molecule has 4 nitrogen and oxygen atoms in total. The van der Waals surface area contributed by atoms with Gasteiger partial charge in [0.2, 0.25) is 5.91 Å². The molecule has 0 aliphatic carbocycles. The van der Waals surface area contributed by atoms with Crippen LogP contribution in [0.1, 0.15) is 12.8 Å². The third-order valence-electron chi connectivity index (χ3n) is 1.55. The Kier molecular flexibility index (Phi) is 8.18. The fourth-order valence-corrected chi connectivity index (χ4v) is 1.61. The van der Waals surface area contributed by atoms with Crippen molar-refractivity contribution in [1.29, 1.82) is 0 Å². The summed E-state index contributed by atoms with van der Waals surface area (Å²) in [7, 11) is 0. The van der Waals surface area contributed by atoms with E-state index in [1.807, 2.05) is 6.26 Å². The van der Waals surface area contributed by atoms with Gasteiger partial charge in [-0.25, -0.2) is 0 Å². The van der Waals surface area contributed by atoms with Crippen molar-refractivity contribution in [2.45, 2.75) is 18.9 Å². The van der Waals surface area contributed by atoms with E-state index in [9.17, 15) is 4.79 Å². The minimum Gasteiger partial charge on any atom is -0.396 e. The van der Waals surface area contributed by atoms with Crippen LogP contribution in [0.2, 0.25) is 0 Å². The molecule has 0 aliphatic rings. The minimum absolute atomic E-state index is 0.0130. The Hall–Kier alpha value is -0.260. The number of aliphatic hydroxyl groups excluding tert-OH is 2. The molecule has 0 aromatic carbocycles. The molecule has 1 unspecified atom stereocenters. The molecule has 0 saturated carbocycles. The highest BCUT2D eigenvalue weighted by Gasteiger charge is 2.10. The molecule has 0 saturated heterocycles. The standard InChI is InChI=1S/C8H17NO3S/c1-13-6-7(2-4-10)9-8(12)3-5-11/h7,10-11H,2-6H2,1H3,(H,9,12). The SMILES string of the molecule is CSCC(CCO)NC(=O)CCO. The molecule has 78 valence electrons. The Morgan fingerprint density at radius 3 is 2.62 bits per heavy atom. The fourth-order valence-electron chi connectivity index (χ4n) is 0.956. The van der Waals surface area contributed by atoms with Crippen molar-refractivity contribution in [2.24, 2.45) is 0 Å². The molecule has 0 fully saturated rings. The largest absolute Gasteiger partial charge is 0.396 e. The van der Waals surface area contributed by atoms with E-state index in [1.54, 1.807) is 11.8 Å². The van der Waals surface area contributed by atoms with Crippen molar-refractivity contribution in [2.75, 3.05) is 25.2 Å². The second kappa shape index (κ2) is 8.34. The lowest BCUT2D eigenvalue weighted by Gasteiger charge is -2.15. The molecule has 3 N–H and O–H groups in total. The average Bonchev–Trinajstić information content (AvgIpc) is 2.05. The third-order valence-corrected chi connectivity index (χ3v) is 2.29. The monoisotopic (exact) mass is 207 g/mol. The zero-order valence-electron chi connectivity index (χ0n) is 7.82. The second-order valence-corrected chi connectivity index (χ2v) is 3.62. The minimum atomic E-state index is -0.157. The highest BCUT2D eigenvalue weighted by atomic mass is 32.2. The predicted octanol–water partition coefficient (Wildman–Crippen LogP) is -0.401. The highest BCUT2D eigenvalue weighted by Crippen LogP contribution is 2.01. The number of hydrogen-bond donors (Lipinski definition) is 3. The molecule has 0 aliphatic heterocycles. The van der Waals surface area contributed by atoms with Gasteiger partial charge in [-0.2, -0.15) is 11.8 Å². The molecule has 5 heteroatoms. The zero-order chi connectivity index (χ0) is 10.1. The molecule has 0 spiro atoms. The topological polar surface area (TPSA) is 69.6 Å². The first-order valence-electron chi connectivity index (χ1n) is 4.24. The smallest absolute Gasteiger partial charge is 0.222 e. The van der Waals surface area contributed by atoms with Gasteiger partial charge < -0.3 is 15.5 Å². The molecule has 0 rings (SSSR count). The van der Waals surface area contributed by atoms with Crippen molar-refractivity contribution in [3.05, 3.63) is 0 Å². The number of aliphatic hydroxyl groups is 2. The van der Waals surface area contributed by atoms with Gasteiger partial charge in [-0.1, -0.05) is 0 Å². The van der Waals surface area contributed by atoms with Gasteiger partial charge in [-0.15, -0.1) is 0 Å². The van der Waals surface area contributed by atoms with Crippen LogP contribution in [-0.2, 0) is 4.79 Å². The summed E-state index contributed by atoms with van der Waals surface area (Å²) in [5.41, 5.74) is 0. The van der Waals surface area contributed by atoms with Crippen molar-refractivity contribution in [3.63, 3.8) is 0 Å². The van der Waals surface area contributed by atoms with Gasteiger partial charge in [0.25, 0.3) is 0 Å². The van der Waals surface area contributed by atoms with Crippen LogP contribution in [0, 0.1) is 0 Å². The summed E-state index contributed by atoms with van der Waals surface area (Å²) >= 11 is 1.62. The van der Waals surface area contributed by atoms with Crippen molar-refractivity contribution in [1.82, 2.24) is 5.32 Å². The van der Waals surface area contributed by atoms with E-state index < -0.39 is 0 Å². The van der Waals surface area contributed by atoms with Gasteiger partial charge in [-0.05, 0) is 12.7 Å². The Balaban J connectivity index is 3.71. The van der Waals surface area contributed by atoms with Crippen molar-refractivity contribution < 1.29 is 15.0 Å². The van der Waals surface area contributed by atoms with Crippen molar-refractivity contribution >= 4 is 17.7 Å². The van der Waals surface area contributed by atoms with E-state index in [4.69, 9.17) is 10.2 Å². The van der Waals surface area contributed by atoms with Crippen LogP contribution in [0.15, 0.2) is 0 Å². The highest BCUT2D eigenvalue weighted by molar-refractivity contribution is 7.98. The molecule has 0 aromatic rings. The van der Waals surface area contributed by atoms with Crippen molar-refractivity contribution in [3.8, 4) is 0 Å². The lowest BCUT2D eigenvalue weighted by Crippen LogP contribution is -2.37. The molecule has 13 heavy (non-hydrogen) atoms. The van der Waals surface area contributed by atoms with Gasteiger partial charge in [0, 0.05) is 24.8 Å². The summed E-state index contributed by atoms with van der Waals surface area (Å²) < 4.78 is 0. The maximum atomic E-state index is 11.0. The van der Waals surface area contributed by atoms with Gasteiger partial charge >= 0.3 is 0 Å². The lowest BCUT2D eigenvalue weighted by atomic mass is 10.2. The Morgan fingerprint density at radius 1 is 1.46 bits per heavy atom. The van der Waals surface area contributed by atoms with Crippen LogP contribution in [0.25, 0.3) is 0 Å². The number of carbonyl (C=O) groups is 1. The summed E-state index contributed by atoms with van der Waals surface area (Å²) in [5.74, 6) is 0.632. The molecule has 0 heterocycles.